The molecular formula is C16H16N2O3. The van der Waals surface area contributed by atoms with Crippen molar-refractivity contribution in [1.29, 1.82) is 5.26 Å². The first kappa shape index (κ1) is 14.7. The maximum Gasteiger partial charge on any atom is 0.216 e. The van der Waals surface area contributed by atoms with Crippen LogP contribution in [0.25, 0.3) is 0 Å². The van der Waals surface area contributed by atoms with Crippen LogP contribution in [0, 0.1) is 11.3 Å². The standard InChI is InChI=1S/C16H16N2O3/c1-3-20-16-9-12(10-17)6-7-15(16)21-11-14(19)13-5-4-8-18(13)2/h4-9H,3,11H2,1-2H3. The molecule has 0 aliphatic heterocycles. The van der Waals surface area contributed by atoms with Gasteiger partial charge in [-0.05, 0) is 31.2 Å². The van der Waals surface area contributed by atoms with E-state index in [1.165, 1.54) is 0 Å². The minimum atomic E-state index is -0.116. The highest BCUT2D eigenvalue weighted by molar-refractivity contribution is 5.95. The van der Waals surface area contributed by atoms with Crippen molar-refractivity contribution in [3.05, 3.63) is 47.8 Å². The number of Topliss-reactive ketones (excluding diaryl/α,β-unsaturated/α-hetero) is 1. The molecule has 5 nitrogen and oxygen atoms in total. The normalized spacial score (nSPS) is 9.95. The molecule has 0 aliphatic carbocycles. The summed E-state index contributed by atoms with van der Waals surface area (Å²) in [6.45, 7) is 2.22. The Morgan fingerprint density at radius 2 is 2.10 bits per heavy atom. The fourth-order valence-corrected chi connectivity index (χ4v) is 1.93. The van der Waals surface area contributed by atoms with E-state index in [1.54, 1.807) is 48.1 Å². The first-order chi connectivity index (χ1) is 10.2. The van der Waals surface area contributed by atoms with Crippen LogP contribution in [0.3, 0.4) is 0 Å². The number of carbonyl (C=O) groups excluding carboxylic acids is 1. The van der Waals surface area contributed by atoms with Gasteiger partial charge in [0.05, 0.1) is 23.9 Å². The average Bonchev–Trinajstić information content (AvgIpc) is 2.92. The van der Waals surface area contributed by atoms with E-state index >= 15 is 0 Å². The Morgan fingerprint density at radius 3 is 2.71 bits per heavy atom. The number of nitrogens with zero attached hydrogens (tertiary/aromatic N) is 2. The lowest BCUT2D eigenvalue weighted by Gasteiger charge is -2.11. The fourth-order valence-electron chi connectivity index (χ4n) is 1.93. The predicted octanol–water partition coefficient (Wildman–Crippen LogP) is 2.56. The third-order valence-corrected chi connectivity index (χ3v) is 2.96. The molecule has 0 aliphatic rings. The van der Waals surface area contributed by atoms with Gasteiger partial charge >= 0.3 is 0 Å². The van der Waals surface area contributed by atoms with Crippen molar-refractivity contribution in [1.82, 2.24) is 4.57 Å². The van der Waals surface area contributed by atoms with E-state index in [4.69, 9.17) is 14.7 Å². The Kier molecular flexibility index (Phi) is 4.62. The molecule has 0 spiro atoms. The summed E-state index contributed by atoms with van der Waals surface area (Å²) in [7, 11) is 1.81. The Morgan fingerprint density at radius 1 is 1.29 bits per heavy atom. The first-order valence-corrected chi connectivity index (χ1v) is 6.60. The summed E-state index contributed by atoms with van der Waals surface area (Å²) in [5, 5.41) is 8.89. The van der Waals surface area contributed by atoms with Gasteiger partial charge in [0.2, 0.25) is 5.78 Å². The molecule has 0 unspecified atom stereocenters. The molecular weight excluding hydrogens is 268 g/mol. The molecule has 1 aromatic carbocycles. The average molecular weight is 284 g/mol. The van der Waals surface area contributed by atoms with Gasteiger partial charge in [-0.3, -0.25) is 4.79 Å². The third-order valence-electron chi connectivity index (χ3n) is 2.96. The smallest absolute Gasteiger partial charge is 0.216 e. The van der Waals surface area contributed by atoms with Crippen LogP contribution < -0.4 is 9.47 Å². The second-order valence-electron chi connectivity index (χ2n) is 4.42. The topological polar surface area (TPSA) is 64.2 Å². The molecule has 5 heteroatoms. The number of aromatic nitrogens is 1. The molecule has 0 radical (unpaired) electrons. The maximum atomic E-state index is 12.1. The van der Waals surface area contributed by atoms with Gasteiger partial charge < -0.3 is 14.0 Å². The van der Waals surface area contributed by atoms with Gasteiger partial charge in [0.1, 0.15) is 0 Å². The highest BCUT2D eigenvalue weighted by Crippen LogP contribution is 2.28. The lowest BCUT2D eigenvalue weighted by atomic mass is 10.2. The number of rotatable bonds is 6. The van der Waals surface area contributed by atoms with E-state index < -0.39 is 0 Å². The van der Waals surface area contributed by atoms with E-state index in [2.05, 4.69) is 0 Å². The lowest BCUT2D eigenvalue weighted by molar-refractivity contribution is 0.0911. The molecule has 21 heavy (non-hydrogen) atoms. The molecule has 2 rings (SSSR count). The van der Waals surface area contributed by atoms with Gasteiger partial charge in [-0.25, -0.2) is 0 Å². The zero-order chi connectivity index (χ0) is 15.2. The highest BCUT2D eigenvalue weighted by atomic mass is 16.5. The molecule has 0 saturated carbocycles. The van der Waals surface area contributed by atoms with Crippen LogP contribution in [0.2, 0.25) is 0 Å². The summed E-state index contributed by atoms with van der Waals surface area (Å²) in [4.78, 5) is 12.1. The van der Waals surface area contributed by atoms with E-state index in [1.807, 2.05) is 13.0 Å². The molecule has 108 valence electrons. The quantitative estimate of drug-likeness (QED) is 0.765. The van der Waals surface area contributed by atoms with Crippen molar-refractivity contribution in [3.63, 3.8) is 0 Å². The number of ether oxygens (including phenoxy) is 2. The molecule has 0 bridgehead atoms. The fraction of sp³-hybridized carbons (Fsp3) is 0.250. The van der Waals surface area contributed by atoms with E-state index in [-0.39, 0.29) is 12.4 Å². The first-order valence-electron chi connectivity index (χ1n) is 6.60. The van der Waals surface area contributed by atoms with Gasteiger partial charge in [-0.1, -0.05) is 0 Å². The number of carbonyl (C=O) groups is 1. The molecule has 0 N–H and O–H groups in total. The summed E-state index contributed by atoms with van der Waals surface area (Å²) in [6, 6.07) is 10.5. The van der Waals surface area contributed by atoms with E-state index in [0.717, 1.165) is 0 Å². The van der Waals surface area contributed by atoms with E-state index in [0.29, 0.717) is 29.4 Å². The molecule has 0 atom stereocenters. The van der Waals surface area contributed by atoms with Gasteiger partial charge in [0.25, 0.3) is 0 Å². The van der Waals surface area contributed by atoms with Crippen LogP contribution in [-0.4, -0.2) is 23.6 Å². The molecule has 2 aromatic rings. The number of benzene rings is 1. The number of ketones is 1. The van der Waals surface area contributed by atoms with Crippen molar-refractivity contribution in [2.24, 2.45) is 7.05 Å². The molecule has 0 fully saturated rings. The third kappa shape index (κ3) is 3.42. The zero-order valence-electron chi connectivity index (χ0n) is 12.0. The largest absolute Gasteiger partial charge is 0.490 e. The number of aryl methyl sites for hydroxylation is 1. The van der Waals surface area contributed by atoms with Crippen LogP contribution in [-0.2, 0) is 7.05 Å². The lowest BCUT2D eigenvalue weighted by Crippen LogP contribution is -2.15. The molecule has 1 aromatic heterocycles. The van der Waals surface area contributed by atoms with Gasteiger partial charge in [0, 0.05) is 19.3 Å². The van der Waals surface area contributed by atoms with E-state index in [9.17, 15) is 4.79 Å². The number of hydrogen-bond donors (Lipinski definition) is 0. The number of hydrogen-bond acceptors (Lipinski definition) is 4. The SMILES string of the molecule is CCOc1cc(C#N)ccc1OCC(=O)c1cccn1C. The molecule has 0 amide bonds. The molecule has 1 heterocycles. The number of nitriles is 1. The van der Waals surface area contributed by atoms with Crippen molar-refractivity contribution in [2.75, 3.05) is 13.2 Å². The monoisotopic (exact) mass is 284 g/mol. The van der Waals surface area contributed by atoms with Crippen LogP contribution in [0.1, 0.15) is 23.0 Å². The van der Waals surface area contributed by atoms with Crippen LogP contribution in [0.15, 0.2) is 36.5 Å². The van der Waals surface area contributed by atoms with Crippen molar-refractivity contribution >= 4 is 5.78 Å². The minimum Gasteiger partial charge on any atom is -0.490 e. The Labute approximate surface area is 123 Å². The van der Waals surface area contributed by atoms with Crippen molar-refractivity contribution in [2.45, 2.75) is 6.92 Å². The predicted molar refractivity (Wildman–Crippen MR) is 77.6 cm³/mol. The van der Waals surface area contributed by atoms with Crippen molar-refractivity contribution < 1.29 is 14.3 Å². The second-order valence-corrected chi connectivity index (χ2v) is 4.42. The summed E-state index contributed by atoms with van der Waals surface area (Å²) in [5.41, 5.74) is 1.07. The van der Waals surface area contributed by atoms with Gasteiger partial charge in [0.15, 0.2) is 18.1 Å². The minimum absolute atomic E-state index is 0.0795. The summed E-state index contributed by atoms with van der Waals surface area (Å²) in [5.74, 6) is 0.809. The summed E-state index contributed by atoms with van der Waals surface area (Å²) < 4.78 is 12.7. The Balaban J connectivity index is 2.11. The van der Waals surface area contributed by atoms with Crippen LogP contribution in [0.4, 0.5) is 0 Å². The molecule has 0 saturated heterocycles. The second kappa shape index (κ2) is 6.62. The summed E-state index contributed by atoms with van der Waals surface area (Å²) in [6.07, 6.45) is 1.81. The van der Waals surface area contributed by atoms with Gasteiger partial charge in [-0.2, -0.15) is 5.26 Å². The van der Waals surface area contributed by atoms with Crippen LogP contribution >= 0.6 is 0 Å². The van der Waals surface area contributed by atoms with Crippen LogP contribution in [0.5, 0.6) is 11.5 Å². The highest BCUT2D eigenvalue weighted by Gasteiger charge is 2.12. The zero-order valence-corrected chi connectivity index (χ0v) is 12.0. The van der Waals surface area contributed by atoms with Gasteiger partial charge in [-0.15, -0.1) is 0 Å². The van der Waals surface area contributed by atoms with Crippen molar-refractivity contribution in [3.8, 4) is 17.6 Å². The summed E-state index contributed by atoms with van der Waals surface area (Å²) >= 11 is 0. The Bertz CT molecular complexity index is 683. The maximum absolute atomic E-state index is 12.1. The Hall–Kier alpha value is -2.74.